The van der Waals surface area contributed by atoms with E-state index in [9.17, 15) is 22.8 Å². The van der Waals surface area contributed by atoms with E-state index in [1.807, 2.05) is 0 Å². The van der Waals surface area contributed by atoms with Crippen molar-refractivity contribution in [3.8, 4) is 0 Å². The number of hydrogen-bond donors (Lipinski definition) is 1. The number of hydrogen-bond acceptors (Lipinski definition) is 3. The molecule has 4 atom stereocenters. The van der Waals surface area contributed by atoms with Gasteiger partial charge in [-0.05, 0) is 32.1 Å². The fourth-order valence-corrected chi connectivity index (χ4v) is 3.63. The number of amides is 2. The van der Waals surface area contributed by atoms with E-state index in [0.29, 0.717) is 6.42 Å². The summed E-state index contributed by atoms with van der Waals surface area (Å²) < 4.78 is 37.8. The van der Waals surface area contributed by atoms with Crippen LogP contribution in [0.15, 0.2) is 0 Å². The zero-order chi connectivity index (χ0) is 14.5. The third kappa shape index (κ3) is 2.21. The minimum atomic E-state index is -4.26. The lowest BCUT2D eigenvalue weighted by molar-refractivity contribution is -0.167. The van der Waals surface area contributed by atoms with Crippen LogP contribution < -0.4 is 5.32 Å². The summed E-state index contributed by atoms with van der Waals surface area (Å²) >= 11 is 0. The Morgan fingerprint density at radius 2 is 1.60 bits per heavy atom. The maximum Gasteiger partial charge on any atom is 0.403 e. The first-order valence-corrected chi connectivity index (χ1v) is 7.05. The van der Waals surface area contributed by atoms with Crippen LogP contribution in [0.1, 0.15) is 32.1 Å². The number of piperidine rings is 2. The van der Waals surface area contributed by atoms with Gasteiger partial charge in [-0.3, -0.25) is 14.5 Å². The smallest absolute Gasteiger partial charge is 0.304 e. The molecule has 2 aliphatic heterocycles. The number of imide groups is 1. The number of halogens is 3. The summed E-state index contributed by atoms with van der Waals surface area (Å²) in [5.74, 6) is -0.557. The standard InChI is InChI=1S/C13H17F3N2O2/c14-13(15,16)10-4-3-9(6-17-10)18-11(19)7-1-2-8(5-7)12(18)20/h7-10,17H,1-6H2. The van der Waals surface area contributed by atoms with Gasteiger partial charge in [0.25, 0.3) is 0 Å². The van der Waals surface area contributed by atoms with Crippen LogP contribution in [0.25, 0.3) is 0 Å². The fourth-order valence-electron chi connectivity index (χ4n) is 3.63. The molecule has 112 valence electrons. The molecule has 7 heteroatoms. The normalized spacial score (nSPS) is 38.5. The van der Waals surface area contributed by atoms with Gasteiger partial charge in [-0.15, -0.1) is 0 Å². The van der Waals surface area contributed by atoms with E-state index in [-0.39, 0.29) is 43.0 Å². The summed E-state index contributed by atoms with van der Waals surface area (Å²) in [6.07, 6.45) is -2.03. The van der Waals surface area contributed by atoms with Gasteiger partial charge >= 0.3 is 6.18 Å². The molecule has 2 bridgehead atoms. The summed E-state index contributed by atoms with van der Waals surface area (Å²) in [5.41, 5.74) is 0. The van der Waals surface area contributed by atoms with Crippen LogP contribution in [-0.2, 0) is 9.59 Å². The maximum absolute atomic E-state index is 12.6. The van der Waals surface area contributed by atoms with Gasteiger partial charge in [0.15, 0.2) is 0 Å². The van der Waals surface area contributed by atoms with Crippen molar-refractivity contribution >= 4 is 11.8 Å². The largest absolute Gasteiger partial charge is 0.403 e. The summed E-state index contributed by atoms with van der Waals surface area (Å²) in [6.45, 7) is 0.0428. The third-order valence-electron chi connectivity index (χ3n) is 4.75. The molecular weight excluding hydrogens is 273 g/mol. The molecule has 3 rings (SSSR count). The molecule has 4 unspecified atom stereocenters. The van der Waals surface area contributed by atoms with Gasteiger partial charge in [-0.2, -0.15) is 13.2 Å². The molecule has 2 saturated heterocycles. The lowest BCUT2D eigenvalue weighted by Crippen LogP contribution is -2.59. The van der Waals surface area contributed by atoms with Gasteiger partial charge in [0.1, 0.15) is 6.04 Å². The summed E-state index contributed by atoms with van der Waals surface area (Å²) in [7, 11) is 0. The second-order valence-electron chi connectivity index (χ2n) is 5.99. The van der Waals surface area contributed by atoms with Crippen LogP contribution in [0.3, 0.4) is 0 Å². The molecule has 0 spiro atoms. The summed E-state index contributed by atoms with van der Waals surface area (Å²) in [5, 5.41) is 2.43. The summed E-state index contributed by atoms with van der Waals surface area (Å²) in [6, 6.07) is -1.94. The molecule has 1 aliphatic carbocycles. The van der Waals surface area contributed by atoms with E-state index in [4.69, 9.17) is 0 Å². The Labute approximate surface area is 114 Å². The van der Waals surface area contributed by atoms with Crippen molar-refractivity contribution in [1.82, 2.24) is 10.2 Å². The van der Waals surface area contributed by atoms with Gasteiger partial charge in [0.05, 0.1) is 6.04 Å². The number of rotatable bonds is 1. The predicted molar refractivity (Wildman–Crippen MR) is 63.6 cm³/mol. The Balaban J connectivity index is 1.69. The van der Waals surface area contributed by atoms with Crippen molar-refractivity contribution in [2.75, 3.05) is 6.54 Å². The van der Waals surface area contributed by atoms with Gasteiger partial charge < -0.3 is 5.32 Å². The van der Waals surface area contributed by atoms with Gasteiger partial charge in [0, 0.05) is 18.4 Å². The average Bonchev–Trinajstić information content (AvgIpc) is 2.83. The highest BCUT2D eigenvalue weighted by atomic mass is 19.4. The molecule has 0 aromatic rings. The number of nitrogens with one attached hydrogen (secondary N) is 1. The number of carbonyl (C=O) groups is 2. The molecule has 1 N–H and O–H groups in total. The van der Waals surface area contributed by atoms with Gasteiger partial charge in [-0.1, -0.05) is 0 Å². The zero-order valence-electron chi connectivity index (χ0n) is 10.9. The highest BCUT2D eigenvalue weighted by molar-refractivity contribution is 6.01. The number of likely N-dealkylation sites (tertiary alicyclic amines) is 1. The molecule has 20 heavy (non-hydrogen) atoms. The Bertz CT molecular complexity index is 408. The highest BCUT2D eigenvalue weighted by Crippen LogP contribution is 2.40. The van der Waals surface area contributed by atoms with Crippen LogP contribution in [0.2, 0.25) is 0 Å². The first-order valence-electron chi connectivity index (χ1n) is 7.05. The van der Waals surface area contributed by atoms with E-state index in [2.05, 4.69) is 5.32 Å². The van der Waals surface area contributed by atoms with Crippen molar-refractivity contribution in [3.05, 3.63) is 0 Å². The van der Waals surface area contributed by atoms with Gasteiger partial charge in [0.2, 0.25) is 11.8 Å². The van der Waals surface area contributed by atoms with E-state index in [1.165, 1.54) is 4.90 Å². The topological polar surface area (TPSA) is 49.4 Å². The lowest BCUT2D eigenvalue weighted by atomic mass is 9.92. The Kier molecular flexibility index (Phi) is 3.27. The van der Waals surface area contributed by atoms with Crippen LogP contribution in [0.4, 0.5) is 13.2 Å². The molecular formula is C13H17F3N2O2. The van der Waals surface area contributed by atoms with Crippen LogP contribution >= 0.6 is 0 Å². The van der Waals surface area contributed by atoms with Crippen molar-refractivity contribution in [2.45, 2.75) is 50.4 Å². The fraction of sp³-hybridized carbons (Fsp3) is 0.846. The monoisotopic (exact) mass is 290 g/mol. The van der Waals surface area contributed by atoms with E-state index in [1.54, 1.807) is 0 Å². The minimum absolute atomic E-state index is 0.0428. The van der Waals surface area contributed by atoms with Crippen molar-refractivity contribution in [1.29, 1.82) is 0 Å². The molecule has 2 heterocycles. The molecule has 4 nitrogen and oxygen atoms in total. The lowest BCUT2D eigenvalue weighted by Gasteiger charge is -2.40. The molecule has 0 radical (unpaired) electrons. The molecule has 1 saturated carbocycles. The number of carbonyl (C=O) groups excluding carboxylic acids is 2. The molecule has 3 fully saturated rings. The van der Waals surface area contributed by atoms with E-state index in [0.717, 1.165) is 12.8 Å². The number of nitrogens with zero attached hydrogens (tertiary/aromatic N) is 1. The zero-order valence-corrected chi connectivity index (χ0v) is 10.9. The second kappa shape index (κ2) is 4.72. The molecule has 2 amide bonds. The van der Waals surface area contributed by atoms with Crippen molar-refractivity contribution in [2.24, 2.45) is 11.8 Å². The highest BCUT2D eigenvalue weighted by Gasteiger charge is 2.49. The van der Waals surface area contributed by atoms with E-state index < -0.39 is 18.3 Å². The SMILES string of the molecule is O=C1C2CCC(C2)C(=O)N1C1CCC(C(F)(F)F)NC1. The third-order valence-corrected chi connectivity index (χ3v) is 4.75. The predicted octanol–water partition coefficient (Wildman–Crippen LogP) is 1.45. The number of fused-ring (bicyclic) bond motifs is 2. The first-order chi connectivity index (χ1) is 9.38. The molecule has 3 aliphatic rings. The molecule has 0 aromatic heterocycles. The Morgan fingerprint density at radius 1 is 1.00 bits per heavy atom. The quantitative estimate of drug-likeness (QED) is 0.744. The summed E-state index contributed by atoms with van der Waals surface area (Å²) in [4.78, 5) is 25.7. The Hall–Kier alpha value is -1.11. The van der Waals surface area contributed by atoms with Crippen LogP contribution in [0.5, 0.6) is 0 Å². The minimum Gasteiger partial charge on any atom is -0.304 e. The van der Waals surface area contributed by atoms with Crippen LogP contribution in [0, 0.1) is 11.8 Å². The van der Waals surface area contributed by atoms with Crippen molar-refractivity contribution in [3.63, 3.8) is 0 Å². The Morgan fingerprint density at radius 3 is 2.05 bits per heavy atom. The number of alkyl halides is 3. The average molecular weight is 290 g/mol. The van der Waals surface area contributed by atoms with Crippen LogP contribution in [-0.4, -0.2) is 41.5 Å². The second-order valence-corrected chi connectivity index (χ2v) is 5.99. The maximum atomic E-state index is 12.6. The van der Waals surface area contributed by atoms with E-state index >= 15 is 0 Å². The first kappa shape index (κ1) is 13.9. The van der Waals surface area contributed by atoms with Crippen molar-refractivity contribution < 1.29 is 22.8 Å². The molecule has 0 aromatic carbocycles. The van der Waals surface area contributed by atoms with Gasteiger partial charge in [-0.25, -0.2) is 0 Å².